The number of nitrogens with zero attached hydrogens (tertiary/aromatic N) is 1. The van der Waals surface area contributed by atoms with Crippen molar-refractivity contribution in [1.82, 2.24) is 10.2 Å². The van der Waals surface area contributed by atoms with Crippen molar-refractivity contribution in [1.29, 1.82) is 0 Å². The monoisotopic (exact) mass is 278 g/mol. The van der Waals surface area contributed by atoms with Crippen molar-refractivity contribution in [2.24, 2.45) is 0 Å². The molecule has 0 saturated carbocycles. The third-order valence-electron chi connectivity index (χ3n) is 3.10. The van der Waals surface area contributed by atoms with Crippen LogP contribution in [0.3, 0.4) is 0 Å². The summed E-state index contributed by atoms with van der Waals surface area (Å²) in [6.07, 6.45) is 2.05. The maximum absolute atomic E-state index is 11.9. The van der Waals surface area contributed by atoms with E-state index >= 15 is 0 Å². The number of urea groups is 1. The van der Waals surface area contributed by atoms with E-state index in [4.69, 9.17) is 5.11 Å². The van der Waals surface area contributed by atoms with Gasteiger partial charge in [-0.1, -0.05) is 25.5 Å². The van der Waals surface area contributed by atoms with Crippen LogP contribution in [-0.4, -0.2) is 35.1 Å². The molecule has 0 atom stereocenters. The summed E-state index contributed by atoms with van der Waals surface area (Å²) in [7, 11) is 0. The molecule has 0 aliphatic rings. The van der Waals surface area contributed by atoms with E-state index in [9.17, 15) is 9.59 Å². The molecule has 0 heterocycles. The molecule has 0 aromatic heterocycles. The Hall–Kier alpha value is -2.04. The van der Waals surface area contributed by atoms with Crippen molar-refractivity contribution in [3.63, 3.8) is 0 Å². The Morgan fingerprint density at radius 1 is 1.20 bits per heavy atom. The number of rotatable bonds is 7. The number of amides is 2. The Balaban J connectivity index is 2.49. The minimum absolute atomic E-state index is 0.0803. The Morgan fingerprint density at radius 3 is 2.35 bits per heavy atom. The maximum Gasteiger partial charge on any atom is 0.335 e. The molecule has 0 aliphatic carbocycles. The van der Waals surface area contributed by atoms with Crippen LogP contribution in [0.15, 0.2) is 24.3 Å². The lowest BCUT2D eigenvalue weighted by Crippen LogP contribution is -2.40. The molecular weight excluding hydrogens is 256 g/mol. The fourth-order valence-electron chi connectivity index (χ4n) is 1.81. The van der Waals surface area contributed by atoms with Crippen LogP contribution in [0.4, 0.5) is 4.79 Å². The number of hydrogen-bond acceptors (Lipinski definition) is 2. The van der Waals surface area contributed by atoms with E-state index in [0.717, 1.165) is 24.9 Å². The molecule has 0 aliphatic heterocycles. The third-order valence-corrected chi connectivity index (χ3v) is 3.10. The quantitative estimate of drug-likeness (QED) is 0.805. The summed E-state index contributed by atoms with van der Waals surface area (Å²) in [5.41, 5.74) is 1.13. The van der Waals surface area contributed by atoms with Crippen LogP contribution in [0.25, 0.3) is 0 Å². The van der Waals surface area contributed by atoms with E-state index in [2.05, 4.69) is 12.2 Å². The number of unbranched alkanes of at least 4 members (excludes halogenated alkanes) is 1. The third kappa shape index (κ3) is 4.91. The molecule has 2 N–H and O–H groups in total. The highest BCUT2D eigenvalue weighted by molar-refractivity contribution is 5.87. The standard InChI is InChI=1S/C15H22N2O3/c1-3-5-10-17(4-2)15(20)16-11-12-6-8-13(9-7-12)14(18)19/h6-9H,3-5,10-11H2,1-2H3,(H,16,20)(H,18,19). The van der Waals surface area contributed by atoms with Gasteiger partial charge in [0.25, 0.3) is 0 Å². The highest BCUT2D eigenvalue weighted by Crippen LogP contribution is 2.04. The average molecular weight is 278 g/mol. The van der Waals surface area contributed by atoms with Crippen molar-refractivity contribution >= 4 is 12.0 Å². The van der Waals surface area contributed by atoms with Crippen LogP contribution >= 0.6 is 0 Å². The molecule has 5 nitrogen and oxygen atoms in total. The van der Waals surface area contributed by atoms with Gasteiger partial charge in [-0.15, -0.1) is 0 Å². The zero-order valence-corrected chi connectivity index (χ0v) is 12.1. The first-order valence-electron chi connectivity index (χ1n) is 6.93. The van der Waals surface area contributed by atoms with E-state index in [1.807, 2.05) is 6.92 Å². The van der Waals surface area contributed by atoms with Gasteiger partial charge in [0.05, 0.1) is 5.56 Å². The molecule has 1 aromatic rings. The number of carboxylic acids is 1. The molecule has 1 rings (SSSR count). The van der Waals surface area contributed by atoms with Gasteiger partial charge >= 0.3 is 12.0 Å². The van der Waals surface area contributed by atoms with Crippen molar-refractivity contribution in [2.45, 2.75) is 33.2 Å². The number of benzene rings is 1. The zero-order valence-electron chi connectivity index (χ0n) is 12.1. The summed E-state index contributed by atoms with van der Waals surface area (Å²) in [5.74, 6) is -0.947. The van der Waals surface area contributed by atoms with Crippen LogP contribution in [0, 0.1) is 0 Å². The van der Waals surface area contributed by atoms with Gasteiger partial charge in [0.15, 0.2) is 0 Å². The lowest BCUT2D eigenvalue weighted by Gasteiger charge is -2.21. The second kappa shape index (κ2) is 8.19. The van der Waals surface area contributed by atoms with E-state index in [0.29, 0.717) is 13.1 Å². The van der Waals surface area contributed by atoms with Crippen LogP contribution in [0.5, 0.6) is 0 Å². The van der Waals surface area contributed by atoms with Crippen LogP contribution in [0.1, 0.15) is 42.6 Å². The van der Waals surface area contributed by atoms with Gasteiger partial charge in [0, 0.05) is 19.6 Å². The largest absolute Gasteiger partial charge is 0.478 e. The molecule has 0 radical (unpaired) electrons. The van der Waals surface area contributed by atoms with E-state index in [-0.39, 0.29) is 11.6 Å². The molecule has 0 spiro atoms. The number of carbonyl (C=O) groups is 2. The van der Waals surface area contributed by atoms with Crippen LogP contribution in [0.2, 0.25) is 0 Å². The molecule has 2 amide bonds. The minimum atomic E-state index is -0.947. The SMILES string of the molecule is CCCCN(CC)C(=O)NCc1ccc(C(=O)O)cc1. The molecule has 110 valence electrons. The van der Waals surface area contributed by atoms with E-state index < -0.39 is 5.97 Å². The Morgan fingerprint density at radius 2 is 1.85 bits per heavy atom. The van der Waals surface area contributed by atoms with Crippen molar-refractivity contribution in [3.8, 4) is 0 Å². The number of carboxylic acid groups (broad SMARTS) is 1. The first-order valence-corrected chi connectivity index (χ1v) is 6.93. The van der Waals surface area contributed by atoms with Gasteiger partial charge in [-0.3, -0.25) is 0 Å². The fourth-order valence-corrected chi connectivity index (χ4v) is 1.81. The molecule has 0 unspecified atom stereocenters. The summed E-state index contributed by atoms with van der Waals surface area (Å²) < 4.78 is 0. The second-order valence-corrected chi connectivity index (χ2v) is 4.59. The smallest absolute Gasteiger partial charge is 0.335 e. The summed E-state index contributed by atoms with van der Waals surface area (Å²) >= 11 is 0. The predicted molar refractivity (Wildman–Crippen MR) is 77.8 cm³/mol. The van der Waals surface area contributed by atoms with Crippen molar-refractivity contribution in [2.75, 3.05) is 13.1 Å². The van der Waals surface area contributed by atoms with Gasteiger partial charge in [0.2, 0.25) is 0 Å². The first-order chi connectivity index (χ1) is 9.58. The molecule has 0 bridgehead atoms. The summed E-state index contributed by atoms with van der Waals surface area (Å²) in [4.78, 5) is 24.5. The molecule has 0 saturated heterocycles. The Bertz CT molecular complexity index is 443. The maximum atomic E-state index is 11.9. The minimum Gasteiger partial charge on any atom is -0.478 e. The molecule has 0 fully saturated rings. The summed E-state index contributed by atoms with van der Waals surface area (Å²) in [6, 6.07) is 6.43. The Labute approximate surface area is 119 Å². The van der Waals surface area contributed by atoms with Gasteiger partial charge in [-0.25, -0.2) is 9.59 Å². The fraction of sp³-hybridized carbons (Fsp3) is 0.467. The number of hydrogen-bond donors (Lipinski definition) is 2. The normalized spacial score (nSPS) is 10.1. The lowest BCUT2D eigenvalue weighted by atomic mass is 10.1. The van der Waals surface area contributed by atoms with Gasteiger partial charge in [-0.2, -0.15) is 0 Å². The van der Waals surface area contributed by atoms with Crippen LogP contribution in [-0.2, 0) is 6.54 Å². The lowest BCUT2D eigenvalue weighted by molar-refractivity contribution is 0.0697. The van der Waals surface area contributed by atoms with E-state index in [1.54, 1.807) is 29.2 Å². The first kappa shape index (κ1) is 16.0. The number of aromatic carboxylic acids is 1. The Kier molecular flexibility index (Phi) is 6.56. The molecular formula is C15H22N2O3. The van der Waals surface area contributed by atoms with Crippen molar-refractivity contribution in [3.05, 3.63) is 35.4 Å². The van der Waals surface area contributed by atoms with Gasteiger partial charge < -0.3 is 15.3 Å². The average Bonchev–Trinajstić information content (AvgIpc) is 2.46. The zero-order chi connectivity index (χ0) is 15.0. The second-order valence-electron chi connectivity index (χ2n) is 4.59. The highest BCUT2D eigenvalue weighted by Gasteiger charge is 2.10. The van der Waals surface area contributed by atoms with Gasteiger partial charge in [0.1, 0.15) is 0 Å². The number of carbonyl (C=O) groups excluding carboxylic acids is 1. The highest BCUT2D eigenvalue weighted by atomic mass is 16.4. The topological polar surface area (TPSA) is 69.6 Å². The molecule has 1 aromatic carbocycles. The summed E-state index contributed by atoms with van der Waals surface area (Å²) in [5, 5.41) is 11.7. The van der Waals surface area contributed by atoms with Crippen LogP contribution < -0.4 is 5.32 Å². The predicted octanol–water partition coefficient (Wildman–Crippen LogP) is 2.72. The molecule has 20 heavy (non-hydrogen) atoms. The van der Waals surface area contributed by atoms with E-state index in [1.165, 1.54) is 0 Å². The molecule has 5 heteroatoms. The number of nitrogens with one attached hydrogen (secondary N) is 1. The van der Waals surface area contributed by atoms with Gasteiger partial charge in [-0.05, 0) is 31.0 Å². The van der Waals surface area contributed by atoms with Crippen molar-refractivity contribution < 1.29 is 14.7 Å². The summed E-state index contributed by atoms with van der Waals surface area (Å²) in [6.45, 7) is 5.90.